The zero-order valence-corrected chi connectivity index (χ0v) is 10.8. The lowest BCUT2D eigenvalue weighted by atomic mass is 10.2. The van der Waals surface area contributed by atoms with Crippen molar-refractivity contribution in [3.05, 3.63) is 30.1 Å². The topological polar surface area (TPSA) is 55.2 Å². The second-order valence-corrected chi connectivity index (χ2v) is 6.05. The molecular formula is C10H10F3N3O2S. The summed E-state index contributed by atoms with van der Waals surface area (Å²) in [6, 6.07) is 2.77. The normalized spacial score (nSPS) is 13.4. The minimum atomic E-state index is -4.54. The predicted molar refractivity (Wildman–Crippen MR) is 62.7 cm³/mol. The highest BCUT2D eigenvalue weighted by molar-refractivity contribution is 7.87. The van der Waals surface area contributed by atoms with Crippen molar-refractivity contribution in [2.24, 2.45) is 0 Å². The number of benzene rings is 1. The molecule has 0 saturated heterocycles. The molecule has 0 aliphatic heterocycles. The maximum Gasteiger partial charge on any atom is 0.416 e. The van der Waals surface area contributed by atoms with Gasteiger partial charge in [-0.25, -0.2) is 8.96 Å². The molecule has 9 heteroatoms. The average Bonchev–Trinajstić information content (AvgIpc) is 2.70. The summed E-state index contributed by atoms with van der Waals surface area (Å²) in [6.45, 7) is 0. The van der Waals surface area contributed by atoms with Gasteiger partial charge in [0.2, 0.25) is 0 Å². The summed E-state index contributed by atoms with van der Waals surface area (Å²) in [5.74, 6) is 0. The second kappa shape index (κ2) is 4.20. The molecule has 2 aromatic rings. The van der Waals surface area contributed by atoms with Gasteiger partial charge >= 0.3 is 16.4 Å². The monoisotopic (exact) mass is 293 g/mol. The molecule has 0 fully saturated rings. The van der Waals surface area contributed by atoms with Crippen LogP contribution < -0.4 is 0 Å². The van der Waals surface area contributed by atoms with Crippen molar-refractivity contribution in [3.8, 4) is 0 Å². The number of imidazole rings is 1. The molecule has 0 unspecified atom stereocenters. The van der Waals surface area contributed by atoms with E-state index in [1.807, 2.05) is 0 Å². The van der Waals surface area contributed by atoms with Crippen LogP contribution in [0.1, 0.15) is 5.56 Å². The van der Waals surface area contributed by atoms with E-state index in [1.165, 1.54) is 14.1 Å². The number of rotatable bonds is 2. The molecule has 0 N–H and O–H groups in total. The zero-order valence-electron chi connectivity index (χ0n) is 10.0. The fourth-order valence-corrected chi connectivity index (χ4v) is 2.44. The van der Waals surface area contributed by atoms with Crippen molar-refractivity contribution in [1.29, 1.82) is 0 Å². The third-order valence-electron chi connectivity index (χ3n) is 2.55. The Labute approximate surface area is 107 Å². The van der Waals surface area contributed by atoms with Crippen LogP contribution in [0, 0.1) is 0 Å². The van der Waals surface area contributed by atoms with Crippen LogP contribution in [0.25, 0.3) is 11.0 Å². The van der Waals surface area contributed by atoms with Gasteiger partial charge in [0.15, 0.2) is 0 Å². The Kier molecular flexibility index (Phi) is 3.06. The van der Waals surface area contributed by atoms with Gasteiger partial charge in [0.05, 0.1) is 16.6 Å². The molecule has 5 nitrogen and oxygen atoms in total. The molecule has 19 heavy (non-hydrogen) atoms. The van der Waals surface area contributed by atoms with E-state index in [0.29, 0.717) is 0 Å². The third kappa shape index (κ3) is 2.30. The number of hydrogen-bond acceptors (Lipinski definition) is 3. The molecule has 104 valence electrons. The Bertz CT molecular complexity index is 719. The summed E-state index contributed by atoms with van der Waals surface area (Å²) in [5.41, 5.74) is -0.849. The van der Waals surface area contributed by atoms with Crippen molar-refractivity contribution < 1.29 is 21.6 Å². The molecule has 1 heterocycles. The number of nitrogens with zero attached hydrogens (tertiary/aromatic N) is 3. The van der Waals surface area contributed by atoms with Crippen LogP contribution in [0.5, 0.6) is 0 Å². The minimum absolute atomic E-state index is 0.108. The van der Waals surface area contributed by atoms with Crippen LogP contribution in [0.15, 0.2) is 24.5 Å². The third-order valence-corrected chi connectivity index (χ3v) is 4.26. The SMILES string of the molecule is CN(C)S(=O)(=O)n1cnc2ccc(C(F)(F)F)cc21. The molecule has 0 saturated carbocycles. The van der Waals surface area contributed by atoms with Crippen molar-refractivity contribution in [3.63, 3.8) is 0 Å². The Balaban J connectivity index is 2.72. The Morgan fingerprint density at radius 3 is 2.42 bits per heavy atom. The summed E-state index contributed by atoms with van der Waals surface area (Å²) in [5, 5.41) is 0. The first-order chi connectivity index (χ1) is 8.64. The highest BCUT2D eigenvalue weighted by atomic mass is 32.2. The molecule has 0 bridgehead atoms. The van der Waals surface area contributed by atoms with E-state index in [2.05, 4.69) is 4.98 Å². The standard InChI is InChI=1S/C10H10F3N3O2S/c1-15(2)19(17,18)16-6-14-8-4-3-7(5-9(8)16)10(11,12)13/h3-6H,1-2H3. The molecule has 0 amide bonds. The Hall–Kier alpha value is -1.61. The van der Waals surface area contributed by atoms with Crippen LogP contribution in [-0.4, -0.2) is 35.8 Å². The van der Waals surface area contributed by atoms with Gasteiger partial charge in [0.1, 0.15) is 6.33 Å². The van der Waals surface area contributed by atoms with Gasteiger partial charge in [-0.1, -0.05) is 0 Å². The van der Waals surface area contributed by atoms with Crippen LogP contribution in [0.3, 0.4) is 0 Å². The van der Waals surface area contributed by atoms with Crippen LogP contribution in [-0.2, 0) is 16.4 Å². The number of aromatic nitrogens is 2. The van der Waals surface area contributed by atoms with Crippen molar-refractivity contribution >= 4 is 21.2 Å². The van der Waals surface area contributed by atoms with Crippen molar-refractivity contribution in [2.75, 3.05) is 14.1 Å². The van der Waals surface area contributed by atoms with E-state index in [0.717, 1.165) is 32.8 Å². The van der Waals surface area contributed by atoms with Crippen molar-refractivity contribution in [2.45, 2.75) is 6.18 Å². The largest absolute Gasteiger partial charge is 0.416 e. The van der Waals surface area contributed by atoms with Gasteiger partial charge < -0.3 is 0 Å². The molecule has 0 atom stereocenters. The van der Waals surface area contributed by atoms with Gasteiger partial charge in [0, 0.05) is 14.1 Å². The molecule has 0 aliphatic carbocycles. The number of alkyl halides is 3. The predicted octanol–water partition coefficient (Wildman–Crippen LogP) is 1.71. The molecule has 1 aromatic carbocycles. The molecule has 0 aliphatic rings. The lowest BCUT2D eigenvalue weighted by molar-refractivity contribution is -0.137. The summed E-state index contributed by atoms with van der Waals surface area (Å²) in [4.78, 5) is 3.78. The highest BCUT2D eigenvalue weighted by Gasteiger charge is 2.31. The van der Waals surface area contributed by atoms with Crippen molar-refractivity contribution in [1.82, 2.24) is 13.3 Å². The maximum atomic E-state index is 12.6. The average molecular weight is 293 g/mol. The first kappa shape index (κ1) is 13.8. The van der Waals surface area contributed by atoms with Crippen LogP contribution in [0.4, 0.5) is 13.2 Å². The van der Waals surface area contributed by atoms with Gasteiger partial charge in [-0.15, -0.1) is 0 Å². The summed E-state index contributed by atoms with van der Waals surface area (Å²) in [7, 11) is -1.33. The molecule has 1 aromatic heterocycles. The summed E-state index contributed by atoms with van der Waals surface area (Å²) in [6.07, 6.45) is -3.55. The van der Waals surface area contributed by atoms with E-state index >= 15 is 0 Å². The maximum absolute atomic E-state index is 12.6. The smallest absolute Gasteiger partial charge is 0.236 e. The first-order valence-corrected chi connectivity index (χ1v) is 6.51. The van der Waals surface area contributed by atoms with E-state index in [9.17, 15) is 21.6 Å². The molecule has 0 radical (unpaired) electrons. The Morgan fingerprint density at radius 1 is 1.26 bits per heavy atom. The number of hydrogen-bond donors (Lipinski definition) is 0. The van der Waals surface area contributed by atoms with Gasteiger partial charge in [-0.05, 0) is 18.2 Å². The zero-order chi connectivity index (χ0) is 14.4. The highest BCUT2D eigenvalue weighted by Crippen LogP contribution is 2.31. The lowest BCUT2D eigenvalue weighted by Crippen LogP contribution is -2.28. The van der Waals surface area contributed by atoms with E-state index < -0.39 is 21.9 Å². The molecule has 2 rings (SSSR count). The number of halogens is 3. The minimum Gasteiger partial charge on any atom is -0.236 e. The van der Waals surface area contributed by atoms with Gasteiger partial charge in [-0.2, -0.15) is 25.9 Å². The summed E-state index contributed by atoms with van der Waals surface area (Å²) < 4.78 is 63.3. The van der Waals surface area contributed by atoms with Crippen LogP contribution >= 0.6 is 0 Å². The second-order valence-electron chi connectivity index (χ2n) is 4.03. The molecular weight excluding hydrogens is 283 g/mol. The van der Waals surface area contributed by atoms with E-state index in [1.54, 1.807) is 0 Å². The Morgan fingerprint density at radius 2 is 1.89 bits per heavy atom. The summed E-state index contributed by atoms with van der Waals surface area (Å²) >= 11 is 0. The van der Waals surface area contributed by atoms with Gasteiger partial charge in [0.25, 0.3) is 0 Å². The fourth-order valence-electron chi connectivity index (χ4n) is 1.52. The lowest BCUT2D eigenvalue weighted by Gasteiger charge is -2.13. The number of fused-ring (bicyclic) bond motifs is 1. The van der Waals surface area contributed by atoms with E-state index in [4.69, 9.17) is 0 Å². The quantitative estimate of drug-likeness (QED) is 0.847. The van der Waals surface area contributed by atoms with Gasteiger partial charge in [-0.3, -0.25) is 0 Å². The van der Waals surface area contributed by atoms with Crippen LogP contribution in [0.2, 0.25) is 0 Å². The first-order valence-electron chi connectivity index (χ1n) is 5.11. The molecule has 0 spiro atoms. The fraction of sp³-hybridized carbons (Fsp3) is 0.300. The van der Waals surface area contributed by atoms with E-state index in [-0.39, 0.29) is 11.0 Å².